The molecule has 8 heteroatoms. The highest BCUT2D eigenvalue weighted by molar-refractivity contribution is 5.89. The summed E-state index contributed by atoms with van der Waals surface area (Å²) in [5.41, 5.74) is 1.79. The SMILES string of the molecule is O=C([O-])N1CCC(c2ccc(F)cc2)C(OCc2ccc3ccccc3c2OCCC2OCCO2)C1. The second-order valence-corrected chi connectivity index (χ2v) is 9.09. The maximum atomic E-state index is 13.5. The Morgan fingerprint density at radius 2 is 1.83 bits per heavy atom. The minimum Gasteiger partial charge on any atom is -0.530 e. The zero-order valence-corrected chi connectivity index (χ0v) is 19.9. The molecule has 7 nitrogen and oxygen atoms in total. The van der Waals surface area contributed by atoms with E-state index in [2.05, 4.69) is 0 Å². The minimum absolute atomic E-state index is 0.0670. The molecule has 2 aliphatic heterocycles. The number of piperidine rings is 1. The Morgan fingerprint density at radius 1 is 1.06 bits per heavy atom. The molecule has 0 N–H and O–H groups in total. The summed E-state index contributed by atoms with van der Waals surface area (Å²) in [7, 11) is 0. The van der Waals surface area contributed by atoms with Gasteiger partial charge in [0, 0.05) is 36.4 Å². The van der Waals surface area contributed by atoms with E-state index in [1.165, 1.54) is 17.0 Å². The number of fused-ring (bicyclic) bond motifs is 1. The molecule has 5 rings (SSSR count). The van der Waals surface area contributed by atoms with Crippen LogP contribution >= 0.6 is 0 Å². The fourth-order valence-electron chi connectivity index (χ4n) is 4.94. The molecule has 190 valence electrons. The Hall–Kier alpha value is -3.20. The molecule has 2 aliphatic rings. The van der Waals surface area contributed by atoms with Crippen molar-refractivity contribution in [1.82, 2.24) is 4.90 Å². The van der Waals surface area contributed by atoms with Crippen LogP contribution in [0.1, 0.15) is 29.9 Å². The average Bonchev–Trinajstić information content (AvgIpc) is 3.42. The summed E-state index contributed by atoms with van der Waals surface area (Å²) in [6, 6.07) is 18.3. The lowest BCUT2D eigenvalue weighted by atomic mass is 9.87. The monoisotopic (exact) mass is 494 g/mol. The summed E-state index contributed by atoms with van der Waals surface area (Å²) in [6.45, 7) is 2.38. The first-order chi connectivity index (χ1) is 17.6. The van der Waals surface area contributed by atoms with Crippen molar-refractivity contribution in [1.29, 1.82) is 0 Å². The normalized spacial score (nSPS) is 20.6. The quantitative estimate of drug-likeness (QED) is 0.474. The van der Waals surface area contributed by atoms with Crippen LogP contribution in [0.4, 0.5) is 9.18 Å². The molecule has 0 saturated carbocycles. The Bertz CT molecular complexity index is 1180. The highest BCUT2D eigenvalue weighted by Crippen LogP contribution is 2.34. The first-order valence-electron chi connectivity index (χ1n) is 12.3. The van der Waals surface area contributed by atoms with E-state index in [1.807, 2.05) is 36.4 Å². The Morgan fingerprint density at radius 3 is 2.61 bits per heavy atom. The summed E-state index contributed by atoms with van der Waals surface area (Å²) in [6.07, 6.45) is -0.713. The average molecular weight is 495 g/mol. The van der Waals surface area contributed by atoms with Gasteiger partial charge >= 0.3 is 0 Å². The number of nitrogens with zero attached hydrogens (tertiary/aromatic N) is 1. The third kappa shape index (κ3) is 5.61. The fraction of sp³-hybridized carbons (Fsp3) is 0.393. The Balaban J connectivity index is 1.35. The summed E-state index contributed by atoms with van der Waals surface area (Å²) in [4.78, 5) is 12.8. The van der Waals surface area contributed by atoms with Crippen LogP contribution in [0, 0.1) is 5.82 Å². The topological polar surface area (TPSA) is 80.3 Å². The number of carboxylic acid groups (broad SMARTS) is 1. The van der Waals surface area contributed by atoms with Gasteiger partial charge in [-0.3, -0.25) is 0 Å². The van der Waals surface area contributed by atoms with Crippen LogP contribution in [0.25, 0.3) is 10.8 Å². The van der Waals surface area contributed by atoms with Crippen LogP contribution in [0.15, 0.2) is 60.7 Å². The van der Waals surface area contributed by atoms with E-state index in [1.54, 1.807) is 12.1 Å². The lowest BCUT2D eigenvalue weighted by Gasteiger charge is -2.40. The second kappa shape index (κ2) is 11.2. The van der Waals surface area contributed by atoms with Gasteiger partial charge < -0.3 is 33.7 Å². The summed E-state index contributed by atoms with van der Waals surface area (Å²) in [5.74, 6) is 0.356. The molecule has 0 bridgehead atoms. The van der Waals surface area contributed by atoms with Crippen LogP contribution in [-0.2, 0) is 20.8 Å². The number of amides is 1. The molecule has 2 unspecified atom stereocenters. The molecule has 2 heterocycles. The number of rotatable bonds is 8. The molecule has 36 heavy (non-hydrogen) atoms. The Labute approximate surface area is 209 Å². The van der Waals surface area contributed by atoms with Crippen LogP contribution in [0.5, 0.6) is 5.75 Å². The van der Waals surface area contributed by atoms with E-state index in [9.17, 15) is 14.3 Å². The summed E-state index contributed by atoms with van der Waals surface area (Å²) < 4.78 is 37.1. The smallest absolute Gasteiger partial charge is 0.161 e. The Kier molecular flexibility index (Phi) is 7.65. The molecular weight excluding hydrogens is 465 g/mol. The number of ether oxygens (including phenoxy) is 4. The minimum atomic E-state index is -1.22. The first kappa shape index (κ1) is 24.5. The molecule has 2 atom stereocenters. The molecular formula is C28H29FNO6-. The number of hydrogen-bond acceptors (Lipinski definition) is 6. The van der Waals surface area contributed by atoms with Crippen LogP contribution in [-0.4, -0.2) is 56.3 Å². The molecule has 0 aliphatic carbocycles. The third-order valence-electron chi connectivity index (χ3n) is 6.82. The van der Waals surface area contributed by atoms with Crippen molar-refractivity contribution in [3.8, 4) is 5.75 Å². The van der Waals surface area contributed by atoms with Crippen molar-refractivity contribution in [3.05, 3.63) is 77.6 Å². The van der Waals surface area contributed by atoms with Gasteiger partial charge in [-0.15, -0.1) is 0 Å². The number of benzene rings is 3. The third-order valence-corrected chi connectivity index (χ3v) is 6.82. The van der Waals surface area contributed by atoms with E-state index < -0.39 is 12.2 Å². The predicted molar refractivity (Wildman–Crippen MR) is 129 cm³/mol. The van der Waals surface area contributed by atoms with Crippen molar-refractivity contribution >= 4 is 16.9 Å². The largest absolute Gasteiger partial charge is 0.530 e. The van der Waals surface area contributed by atoms with Gasteiger partial charge in [0.15, 0.2) is 6.29 Å². The van der Waals surface area contributed by atoms with Crippen LogP contribution in [0.3, 0.4) is 0 Å². The first-order valence-corrected chi connectivity index (χ1v) is 12.3. The van der Waals surface area contributed by atoms with Gasteiger partial charge in [0.1, 0.15) is 17.7 Å². The van der Waals surface area contributed by atoms with Crippen molar-refractivity contribution in [2.75, 3.05) is 32.9 Å². The number of carbonyl (C=O) groups is 1. The van der Waals surface area contributed by atoms with Crippen molar-refractivity contribution in [2.45, 2.75) is 37.8 Å². The predicted octanol–water partition coefficient (Wildman–Crippen LogP) is 3.84. The molecule has 2 saturated heterocycles. The van der Waals surface area contributed by atoms with Gasteiger partial charge in [-0.05, 0) is 29.5 Å². The molecule has 3 aromatic carbocycles. The van der Waals surface area contributed by atoms with E-state index in [0.29, 0.717) is 39.2 Å². The van der Waals surface area contributed by atoms with Gasteiger partial charge in [0.05, 0.1) is 32.5 Å². The van der Waals surface area contributed by atoms with Crippen molar-refractivity contribution < 1.29 is 33.2 Å². The summed E-state index contributed by atoms with van der Waals surface area (Å²) in [5, 5.41) is 13.6. The maximum Gasteiger partial charge on any atom is 0.161 e. The number of halogens is 1. The maximum absolute atomic E-state index is 13.5. The number of carbonyl (C=O) groups excluding carboxylic acids is 1. The lowest BCUT2D eigenvalue weighted by molar-refractivity contribution is -0.268. The summed E-state index contributed by atoms with van der Waals surface area (Å²) >= 11 is 0. The van der Waals surface area contributed by atoms with Crippen LogP contribution in [0.2, 0.25) is 0 Å². The lowest BCUT2D eigenvalue weighted by Crippen LogP contribution is -2.51. The zero-order chi connectivity index (χ0) is 24.9. The van der Waals surface area contributed by atoms with Gasteiger partial charge in [-0.25, -0.2) is 4.39 Å². The van der Waals surface area contributed by atoms with Gasteiger partial charge in [0.25, 0.3) is 0 Å². The molecule has 0 spiro atoms. The van der Waals surface area contributed by atoms with Gasteiger partial charge in [-0.1, -0.05) is 48.5 Å². The van der Waals surface area contributed by atoms with E-state index >= 15 is 0 Å². The molecule has 3 aromatic rings. The van der Waals surface area contributed by atoms with Gasteiger partial charge in [0.2, 0.25) is 0 Å². The van der Waals surface area contributed by atoms with E-state index in [0.717, 1.165) is 27.6 Å². The van der Waals surface area contributed by atoms with Crippen molar-refractivity contribution in [3.63, 3.8) is 0 Å². The molecule has 1 amide bonds. The highest BCUT2D eigenvalue weighted by atomic mass is 19.1. The second-order valence-electron chi connectivity index (χ2n) is 9.09. The number of hydrogen-bond donors (Lipinski definition) is 0. The standard InChI is InChI=1S/C28H30FNO6/c29-22-9-7-20(8-10-22)23-11-13-30(28(31)32)17-25(23)36-18-21-6-5-19-3-1-2-4-24(19)27(21)35-14-12-26-33-15-16-34-26/h1-10,23,25-26H,11-18H2,(H,31,32)/p-1. The van der Waals surface area contributed by atoms with Crippen molar-refractivity contribution in [2.24, 2.45) is 0 Å². The molecule has 2 fully saturated rings. The highest BCUT2D eigenvalue weighted by Gasteiger charge is 2.31. The zero-order valence-electron chi connectivity index (χ0n) is 19.9. The fourth-order valence-corrected chi connectivity index (χ4v) is 4.94. The van der Waals surface area contributed by atoms with E-state index in [4.69, 9.17) is 18.9 Å². The van der Waals surface area contributed by atoms with Crippen LogP contribution < -0.4 is 9.84 Å². The number of likely N-dealkylation sites (tertiary alicyclic amines) is 1. The van der Waals surface area contributed by atoms with E-state index in [-0.39, 0.29) is 31.2 Å². The van der Waals surface area contributed by atoms with Gasteiger partial charge in [-0.2, -0.15) is 0 Å². The molecule has 0 aromatic heterocycles. The molecule has 0 radical (unpaired) electrons.